The van der Waals surface area contributed by atoms with Gasteiger partial charge in [-0.2, -0.15) is 0 Å². The summed E-state index contributed by atoms with van der Waals surface area (Å²) in [5.41, 5.74) is 19.2. The summed E-state index contributed by atoms with van der Waals surface area (Å²) in [6, 6.07) is 3.53. The summed E-state index contributed by atoms with van der Waals surface area (Å²) >= 11 is 0. The average molecular weight is 605 g/mol. The molecule has 0 saturated heterocycles. The molecule has 0 fully saturated rings. The molecule has 0 unspecified atom stereocenters. The number of benzene rings is 1. The van der Waals surface area contributed by atoms with E-state index in [1.165, 1.54) is 0 Å². The molecule has 0 heterocycles. The molecule has 3 atom stereocenters. The number of amides is 4. The summed E-state index contributed by atoms with van der Waals surface area (Å²) in [5.74, 6) is -1.09. The van der Waals surface area contributed by atoms with Crippen molar-refractivity contribution >= 4 is 23.8 Å². The van der Waals surface area contributed by atoms with Crippen molar-refractivity contribution < 1.29 is 28.7 Å². The number of nitrogens with two attached hydrogens (primary N) is 2. The van der Waals surface area contributed by atoms with Crippen molar-refractivity contribution in [3.8, 4) is 5.75 Å². The zero-order chi connectivity index (χ0) is 32.6. The molecule has 0 bridgehead atoms. The molecule has 4 amide bonds. The molecule has 1 rings (SSSR count). The predicted octanol–water partition coefficient (Wildman–Crippen LogP) is 2.97. The van der Waals surface area contributed by atoms with Gasteiger partial charge >= 0.3 is 12.0 Å². The van der Waals surface area contributed by atoms with E-state index < -0.39 is 47.5 Å². The van der Waals surface area contributed by atoms with Gasteiger partial charge in [-0.05, 0) is 90.5 Å². The Morgan fingerprint density at radius 1 is 0.907 bits per heavy atom. The zero-order valence-electron chi connectivity index (χ0n) is 26.1. The highest BCUT2D eigenvalue weighted by atomic mass is 16.6. The van der Waals surface area contributed by atoms with Crippen LogP contribution >= 0.6 is 0 Å². The summed E-state index contributed by atoms with van der Waals surface area (Å²) in [6.07, 6.45) is 1.96. The number of hydrogen-bond donors (Lipinski definition) is 5. The molecule has 0 aliphatic carbocycles. The molecule has 43 heavy (non-hydrogen) atoms. The van der Waals surface area contributed by atoms with E-state index in [9.17, 15) is 19.2 Å². The van der Waals surface area contributed by atoms with Gasteiger partial charge in [0.1, 0.15) is 29.0 Å². The summed E-state index contributed by atoms with van der Waals surface area (Å²) in [5, 5.41) is 11.4. The van der Waals surface area contributed by atoms with Crippen molar-refractivity contribution in [1.29, 1.82) is 0 Å². The predicted molar refractivity (Wildman–Crippen MR) is 163 cm³/mol. The second kappa shape index (κ2) is 17.8. The van der Waals surface area contributed by atoms with Gasteiger partial charge in [-0.25, -0.2) is 9.59 Å². The lowest BCUT2D eigenvalue weighted by Crippen LogP contribution is -2.55. The average Bonchev–Trinajstić information content (AvgIpc) is 2.88. The molecule has 0 aliphatic heterocycles. The lowest BCUT2D eigenvalue weighted by Gasteiger charge is -2.27. The first-order valence-corrected chi connectivity index (χ1v) is 14.4. The first kappa shape index (κ1) is 37.0. The Morgan fingerprint density at radius 3 is 2.09 bits per heavy atom. The van der Waals surface area contributed by atoms with Crippen molar-refractivity contribution in [2.75, 3.05) is 13.1 Å². The van der Waals surface area contributed by atoms with Crippen LogP contribution in [0.5, 0.6) is 5.75 Å². The molecule has 1 aromatic rings. The first-order chi connectivity index (χ1) is 20.0. The SMILES string of the molecule is CC(C)(C)OC(=O)[C@H](Cc1ccc(OC(C)(C)C)cc1)NC(=O)[C@H](CCCCN=[N+]=[N-])NC(=O)[C@@H](N)CCCNC(N)=O. The van der Waals surface area contributed by atoms with Crippen molar-refractivity contribution in [2.45, 2.75) is 109 Å². The van der Waals surface area contributed by atoms with Gasteiger partial charge in [-0.15, -0.1) is 0 Å². The maximum Gasteiger partial charge on any atom is 0.329 e. The largest absolute Gasteiger partial charge is 0.488 e. The lowest BCUT2D eigenvalue weighted by molar-refractivity contribution is -0.158. The van der Waals surface area contributed by atoms with Gasteiger partial charge in [0.15, 0.2) is 0 Å². The Hall–Kier alpha value is -4.03. The number of urea groups is 1. The van der Waals surface area contributed by atoms with Crippen molar-refractivity contribution in [3.63, 3.8) is 0 Å². The fraction of sp³-hybridized carbons (Fsp3) is 0.655. The highest BCUT2D eigenvalue weighted by Gasteiger charge is 2.31. The molecular formula is C29H48N8O6. The number of hydrogen-bond acceptors (Lipinski definition) is 8. The van der Waals surface area contributed by atoms with E-state index in [1.807, 2.05) is 32.9 Å². The van der Waals surface area contributed by atoms with Crippen molar-refractivity contribution in [2.24, 2.45) is 16.6 Å². The number of rotatable bonds is 17. The van der Waals surface area contributed by atoms with Crippen LogP contribution in [0.1, 0.15) is 79.2 Å². The summed E-state index contributed by atoms with van der Waals surface area (Å²) in [6.45, 7) is 11.5. The quantitative estimate of drug-likeness (QED) is 0.0587. The normalized spacial score (nSPS) is 13.5. The molecule has 0 spiro atoms. The highest BCUT2D eigenvalue weighted by Crippen LogP contribution is 2.20. The van der Waals surface area contributed by atoms with Crippen LogP contribution in [0.2, 0.25) is 0 Å². The van der Waals surface area contributed by atoms with Crippen LogP contribution in [-0.2, 0) is 25.5 Å². The molecule has 1 aromatic carbocycles. The first-order valence-electron chi connectivity index (χ1n) is 14.4. The van der Waals surface area contributed by atoms with Gasteiger partial charge in [0.25, 0.3) is 0 Å². The Balaban J connectivity index is 3.08. The fourth-order valence-corrected chi connectivity index (χ4v) is 3.91. The Kier molecular flexibility index (Phi) is 15.3. The van der Waals surface area contributed by atoms with Gasteiger partial charge < -0.3 is 36.9 Å². The monoisotopic (exact) mass is 604 g/mol. The molecule has 240 valence electrons. The molecular weight excluding hydrogens is 556 g/mol. The minimum Gasteiger partial charge on any atom is -0.488 e. The van der Waals surface area contributed by atoms with Crippen LogP contribution in [0, 0.1) is 0 Å². The molecule has 0 aliphatic rings. The summed E-state index contributed by atoms with van der Waals surface area (Å²) in [4.78, 5) is 53.1. The van der Waals surface area contributed by atoms with E-state index in [2.05, 4.69) is 26.0 Å². The number of unbranched alkanes of at least 4 members (excludes halogenated alkanes) is 1. The van der Waals surface area contributed by atoms with E-state index >= 15 is 0 Å². The summed E-state index contributed by atoms with van der Waals surface area (Å²) < 4.78 is 11.5. The van der Waals surface area contributed by atoms with E-state index in [4.69, 9.17) is 26.5 Å². The van der Waals surface area contributed by atoms with Crippen molar-refractivity contribution in [3.05, 3.63) is 40.3 Å². The lowest BCUT2D eigenvalue weighted by atomic mass is 10.0. The Labute approximate surface area is 253 Å². The third-order valence-electron chi connectivity index (χ3n) is 5.82. The number of nitrogens with one attached hydrogen (secondary N) is 3. The number of carbonyl (C=O) groups excluding carboxylic acids is 4. The Morgan fingerprint density at radius 2 is 1.53 bits per heavy atom. The molecule has 0 saturated carbocycles. The van der Waals surface area contributed by atoms with Crippen LogP contribution in [0.15, 0.2) is 29.4 Å². The van der Waals surface area contributed by atoms with Crippen molar-refractivity contribution in [1.82, 2.24) is 16.0 Å². The van der Waals surface area contributed by atoms with Gasteiger partial charge in [0.05, 0.1) is 6.04 Å². The number of nitrogens with zero attached hydrogens (tertiary/aromatic N) is 3. The number of azide groups is 1. The number of esters is 1. The molecule has 14 nitrogen and oxygen atoms in total. The van der Waals surface area contributed by atoms with E-state index in [-0.39, 0.29) is 38.0 Å². The number of primary amides is 1. The number of carbonyl (C=O) groups is 4. The van der Waals surface area contributed by atoms with Gasteiger partial charge in [-0.1, -0.05) is 23.7 Å². The highest BCUT2D eigenvalue weighted by molar-refractivity contribution is 5.92. The van der Waals surface area contributed by atoms with Gasteiger partial charge in [0, 0.05) is 24.4 Å². The molecule has 0 aromatic heterocycles. The third kappa shape index (κ3) is 16.9. The zero-order valence-corrected chi connectivity index (χ0v) is 26.1. The maximum absolute atomic E-state index is 13.5. The van der Waals surface area contributed by atoms with E-state index in [1.54, 1.807) is 32.9 Å². The van der Waals surface area contributed by atoms with Crippen LogP contribution in [-0.4, -0.2) is 66.2 Å². The van der Waals surface area contributed by atoms with Crippen LogP contribution in [0.4, 0.5) is 4.79 Å². The molecule has 14 heteroatoms. The minimum absolute atomic E-state index is 0.139. The standard InChI is InChI=1S/C29H48N8O6/c1-28(2,3)42-20-14-12-19(13-15-20)18-23(26(40)43-29(4,5)6)36-25(39)22(11-7-8-17-34-37-32)35-24(38)21(30)10-9-16-33-27(31)41/h12-15,21-23H,7-11,16-18,30H2,1-6H3,(H,35,38)(H,36,39)(H3,31,33,41)/t21-,22-,23-/m0/s1. The smallest absolute Gasteiger partial charge is 0.329 e. The number of ether oxygens (including phenoxy) is 2. The van der Waals surface area contributed by atoms with E-state index in [0.717, 1.165) is 5.56 Å². The second-order valence-corrected chi connectivity index (χ2v) is 12.2. The van der Waals surface area contributed by atoms with Crippen LogP contribution in [0.3, 0.4) is 0 Å². The Bertz CT molecular complexity index is 1110. The summed E-state index contributed by atoms with van der Waals surface area (Å²) in [7, 11) is 0. The molecule has 0 radical (unpaired) electrons. The second-order valence-electron chi connectivity index (χ2n) is 12.2. The van der Waals surface area contributed by atoms with Gasteiger partial charge in [-0.3, -0.25) is 9.59 Å². The fourth-order valence-electron chi connectivity index (χ4n) is 3.91. The van der Waals surface area contributed by atoms with E-state index in [0.29, 0.717) is 25.0 Å². The minimum atomic E-state index is -1.04. The molecule has 7 N–H and O–H groups in total. The van der Waals surface area contributed by atoms with Crippen LogP contribution < -0.4 is 32.2 Å². The van der Waals surface area contributed by atoms with Crippen LogP contribution in [0.25, 0.3) is 10.4 Å². The topological polar surface area (TPSA) is 224 Å². The maximum atomic E-state index is 13.5. The van der Waals surface area contributed by atoms with Gasteiger partial charge in [0.2, 0.25) is 11.8 Å². The third-order valence-corrected chi connectivity index (χ3v) is 5.82.